The molecule has 0 aliphatic carbocycles. The Balaban J connectivity index is 1.98. The zero-order chi connectivity index (χ0) is 16.7. The molecule has 0 saturated carbocycles. The Labute approximate surface area is 140 Å². The van der Waals surface area contributed by atoms with Gasteiger partial charge in [0.15, 0.2) is 5.65 Å². The maximum atomic E-state index is 13.0. The van der Waals surface area contributed by atoms with Crippen LogP contribution in [0, 0.1) is 0 Å². The number of nitrogens with one attached hydrogen (secondary N) is 2. The van der Waals surface area contributed by atoms with E-state index < -0.39 is 0 Å². The van der Waals surface area contributed by atoms with E-state index in [2.05, 4.69) is 22.2 Å². The number of fused-ring (bicyclic) bond motifs is 3. The van der Waals surface area contributed by atoms with E-state index in [0.29, 0.717) is 11.0 Å². The Bertz CT molecular complexity index is 941. The van der Waals surface area contributed by atoms with Crippen LogP contribution in [0.1, 0.15) is 18.9 Å². The van der Waals surface area contributed by atoms with Crippen molar-refractivity contribution in [1.82, 2.24) is 14.8 Å². The Morgan fingerprint density at radius 1 is 1.29 bits per heavy atom. The fraction of sp³-hybridized carbons (Fsp3) is 0.333. The highest BCUT2D eigenvalue weighted by molar-refractivity contribution is 5.95. The summed E-state index contributed by atoms with van der Waals surface area (Å²) in [6, 6.07) is 9.61. The van der Waals surface area contributed by atoms with Crippen molar-refractivity contribution in [3.8, 4) is 5.69 Å². The van der Waals surface area contributed by atoms with Crippen molar-refractivity contribution in [2.45, 2.75) is 19.8 Å². The first kappa shape index (κ1) is 14.8. The van der Waals surface area contributed by atoms with Gasteiger partial charge in [-0.3, -0.25) is 9.89 Å². The standard InChI is InChI=1S/C18H21N5O/c1-3-10-19-16-13-9-11-22(2)15(13)14-17(20-16)21-23(18(14)24)12-7-5-4-6-8-12/h4-8H,3,9-11H2,1-2H3,(H2,19,20,21). The van der Waals surface area contributed by atoms with Crippen LogP contribution in [0.3, 0.4) is 0 Å². The van der Waals surface area contributed by atoms with E-state index in [1.807, 2.05) is 37.4 Å². The number of aromatic amines is 1. The van der Waals surface area contributed by atoms with Gasteiger partial charge < -0.3 is 10.2 Å². The number of para-hydroxylation sites is 1. The summed E-state index contributed by atoms with van der Waals surface area (Å²) in [5, 5.41) is 7.26. The summed E-state index contributed by atoms with van der Waals surface area (Å²) in [4.78, 5) is 19.9. The summed E-state index contributed by atoms with van der Waals surface area (Å²) in [7, 11) is 2.04. The number of H-pyrrole nitrogens is 1. The molecule has 0 radical (unpaired) electrons. The molecular formula is C18H21N5O. The fourth-order valence-electron chi connectivity index (χ4n) is 3.36. The van der Waals surface area contributed by atoms with Gasteiger partial charge in [-0.1, -0.05) is 25.1 Å². The number of likely N-dealkylation sites (N-methyl/N-ethyl adjacent to an activating group) is 1. The highest BCUT2D eigenvalue weighted by atomic mass is 16.1. The fourth-order valence-corrected chi connectivity index (χ4v) is 3.36. The van der Waals surface area contributed by atoms with Crippen LogP contribution in [-0.4, -0.2) is 34.9 Å². The van der Waals surface area contributed by atoms with Crippen molar-refractivity contribution >= 4 is 22.5 Å². The first-order chi connectivity index (χ1) is 11.7. The van der Waals surface area contributed by atoms with Gasteiger partial charge in [0.25, 0.3) is 5.56 Å². The molecule has 6 heteroatoms. The molecule has 1 aromatic carbocycles. The summed E-state index contributed by atoms with van der Waals surface area (Å²) < 4.78 is 1.58. The average Bonchev–Trinajstić information content (AvgIpc) is 3.14. The van der Waals surface area contributed by atoms with Gasteiger partial charge >= 0.3 is 0 Å². The largest absolute Gasteiger partial charge is 0.373 e. The summed E-state index contributed by atoms with van der Waals surface area (Å²) in [6.45, 7) is 3.91. The molecule has 0 bridgehead atoms. The third-order valence-corrected chi connectivity index (χ3v) is 4.54. The van der Waals surface area contributed by atoms with Gasteiger partial charge in [-0.15, -0.1) is 0 Å². The quantitative estimate of drug-likeness (QED) is 0.774. The van der Waals surface area contributed by atoms with Gasteiger partial charge in [-0.25, -0.2) is 9.67 Å². The van der Waals surface area contributed by atoms with Crippen LogP contribution in [-0.2, 0) is 6.42 Å². The second-order valence-electron chi connectivity index (χ2n) is 6.20. The maximum absolute atomic E-state index is 13.0. The van der Waals surface area contributed by atoms with Crippen molar-refractivity contribution in [1.29, 1.82) is 0 Å². The van der Waals surface area contributed by atoms with Crippen LogP contribution in [0.25, 0.3) is 16.7 Å². The van der Waals surface area contributed by atoms with Crippen molar-refractivity contribution < 1.29 is 0 Å². The zero-order valence-electron chi connectivity index (χ0n) is 14.0. The van der Waals surface area contributed by atoms with Crippen LogP contribution in [0.5, 0.6) is 0 Å². The first-order valence-electron chi connectivity index (χ1n) is 8.38. The molecule has 0 fully saturated rings. The van der Waals surface area contributed by atoms with E-state index in [-0.39, 0.29) is 5.56 Å². The van der Waals surface area contributed by atoms with E-state index in [0.717, 1.165) is 48.7 Å². The summed E-state index contributed by atoms with van der Waals surface area (Å²) in [5.74, 6) is 0.894. The van der Waals surface area contributed by atoms with Gasteiger partial charge in [-0.2, -0.15) is 0 Å². The van der Waals surface area contributed by atoms with E-state index >= 15 is 0 Å². The lowest BCUT2D eigenvalue weighted by molar-refractivity contribution is 0.857. The zero-order valence-corrected chi connectivity index (χ0v) is 14.0. The van der Waals surface area contributed by atoms with Gasteiger partial charge in [0.2, 0.25) is 0 Å². The predicted molar refractivity (Wildman–Crippen MR) is 97.4 cm³/mol. The minimum atomic E-state index is -0.0456. The number of benzene rings is 1. The lowest BCUT2D eigenvalue weighted by Crippen LogP contribution is -2.18. The topological polar surface area (TPSA) is 66.0 Å². The van der Waals surface area contributed by atoms with E-state index in [1.54, 1.807) is 4.68 Å². The van der Waals surface area contributed by atoms with E-state index in [1.165, 1.54) is 0 Å². The molecule has 2 N–H and O–H groups in total. The van der Waals surface area contributed by atoms with Gasteiger partial charge in [-0.05, 0) is 25.0 Å². The number of anilines is 2. The summed E-state index contributed by atoms with van der Waals surface area (Å²) in [5.41, 5.74) is 3.56. The predicted octanol–water partition coefficient (Wildman–Crippen LogP) is 2.53. The number of aromatic nitrogens is 3. The number of hydrogen-bond acceptors (Lipinski definition) is 4. The first-order valence-corrected chi connectivity index (χ1v) is 8.38. The molecular weight excluding hydrogens is 302 g/mol. The SMILES string of the molecule is CCCNc1nc2[nH]n(-c3ccccc3)c(=O)c2c2c1CCN2C. The van der Waals surface area contributed by atoms with Crippen molar-refractivity contribution in [3.05, 3.63) is 46.2 Å². The van der Waals surface area contributed by atoms with Crippen LogP contribution in [0.4, 0.5) is 11.5 Å². The van der Waals surface area contributed by atoms with E-state index in [9.17, 15) is 4.79 Å². The van der Waals surface area contributed by atoms with Gasteiger partial charge in [0, 0.05) is 25.7 Å². The molecule has 0 saturated heterocycles. The molecule has 1 aliphatic heterocycles. The Morgan fingerprint density at radius 2 is 2.08 bits per heavy atom. The monoisotopic (exact) mass is 323 g/mol. The second kappa shape index (κ2) is 5.70. The van der Waals surface area contributed by atoms with Crippen LogP contribution in [0.2, 0.25) is 0 Å². The highest BCUT2D eigenvalue weighted by Crippen LogP contribution is 2.36. The molecule has 2 aromatic heterocycles. The number of pyridine rings is 1. The molecule has 1 aliphatic rings. The van der Waals surface area contributed by atoms with Crippen LogP contribution >= 0.6 is 0 Å². The van der Waals surface area contributed by atoms with Crippen molar-refractivity contribution in [3.63, 3.8) is 0 Å². The minimum Gasteiger partial charge on any atom is -0.373 e. The number of hydrogen-bond donors (Lipinski definition) is 2. The molecule has 0 amide bonds. The lowest BCUT2D eigenvalue weighted by atomic mass is 10.1. The maximum Gasteiger partial charge on any atom is 0.282 e. The van der Waals surface area contributed by atoms with Crippen LogP contribution in [0.15, 0.2) is 35.1 Å². The van der Waals surface area contributed by atoms with Crippen LogP contribution < -0.4 is 15.8 Å². The minimum absolute atomic E-state index is 0.0456. The van der Waals surface area contributed by atoms with Crippen molar-refractivity contribution in [2.24, 2.45) is 0 Å². The third-order valence-electron chi connectivity index (χ3n) is 4.54. The molecule has 0 atom stereocenters. The van der Waals surface area contributed by atoms with Crippen molar-refractivity contribution in [2.75, 3.05) is 30.4 Å². The smallest absolute Gasteiger partial charge is 0.282 e. The molecule has 0 spiro atoms. The van der Waals surface area contributed by atoms with E-state index in [4.69, 9.17) is 4.98 Å². The number of nitrogens with zero attached hydrogens (tertiary/aromatic N) is 3. The Morgan fingerprint density at radius 3 is 2.83 bits per heavy atom. The number of rotatable bonds is 4. The normalized spacial score (nSPS) is 13.5. The van der Waals surface area contributed by atoms with Gasteiger partial charge in [0.1, 0.15) is 11.2 Å². The molecule has 3 aromatic rings. The molecule has 24 heavy (non-hydrogen) atoms. The average molecular weight is 323 g/mol. The summed E-state index contributed by atoms with van der Waals surface area (Å²) >= 11 is 0. The molecule has 6 nitrogen and oxygen atoms in total. The molecule has 3 heterocycles. The molecule has 0 unspecified atom stereocenters. The second-order valence-corrected chi connectivity index (χ2v) is 6.20. The molecule has 124 valence electrons. The van der Waals surface area contributed by atoms with Gasteiger partial charge in [0.05, 0.1) is 11.4 Å². The lowest BCUT2D eigenvalue weighted by Gasteiger charge is -2.14. The third kappa shape index (κ3) is 2.18. The highest BCUT2D eigenvalue weighted by Gasteiger charge is 2.27. The molecule has 4 rings (SSSR count). The Kier molecular flexibility index (Phi) is 3.52. The summed E-state index contributed by atoms with van der Waals surface area (Å²) in [6.07, 6.45) is 1.95. The Hall–Kier alpha value is -2.76.